The van der Waals surface area contributed by atoms with Crippen molar-refractivity contribution in [2.45, 2.75) is 0 Å². The molecule has 2 heterocycles. The highest BCUT2D eigenvalue weighted by Gasteiger charge is 2.14. The van der Waals surface area contributed by atoms with Crippen molar-refractivity contribution >= 4 is 39.7 Å². The predicted molar refractivity (Wildman–Crippen MR) is 111 cm³/mol. The van der Waals surface area contributed by atoms with Gasteiger partial charge in [0.05, 0.1) is 16.3 Å². The van der Waals surface area contributed by atoms with E-state index in [1.165, 1.54) is 23.5 Å². The van der Waals surface area contributed by atoms with Crippen LogP contribution < -0.4 is 5.32 Å². The van der Waals surface area contributed by atoms with E-state index in [0.717, 1.165) is 5.69 Å². The van der Waals surface area contributed by atoms with Gasteiger partial charge in [-0.05, 0) is 24.3 Å². The van der Waals surface area contributed by atoms with Crippen LogP contribution in [0.15, 0.2) is 66.2 Å². The standard InChI is InChI=1S/C19H12ClN5O3S/c20-13-4-2-5-14(10-13)24-8-7-16(23-24)18(26)22-19-21-17(11-29-19)12-3-1-6-15(9-12)25(27)28/h1-11H,(H,21,22,26). The van der Waals surface area contributed by atoms with Crippen LogP contribution >= 0.6 is 22.9 Å². The molecular formula is C19H12ClN5O3S. The third kappa shape index (κ3) is 4.15. The van der Waals surface area contributed by atoms with Crippen LogP contribution in [0.3, 0.4) is 0 Å². The van der Waals surface area contributed by atoms with Gasteiger partial charge in [0.25, 0.3) is 11.6 Å². The van der Waals surface area contributed by atoms with Gasteiger partial charge < -0.3 is 0 Å². The summed E-state index contributed by atoms with van der Waals surface area (Å²) < 4.78 is 1.55. The summed E-state index contributed by atoms with van der Waals surface area (Å²) in [6.45, 7) is 0. The van der Waals surface area contributed by atoms with E-state index in [1.807, 2.05) is 6.07 Å². The Hall–Kier alpha value is -3.56. The van der Waals surface area contributed by atoms with Gasteiger partial charge in [-0.3, -0.25) is 20.2 Å². The van der Waals surface area contributed by atoms with Crippen molar-refractivity contribution in [3.05, 3.63) is 87.0 Å². The second-order valence-electron chi connectivity index (χ2n) is 5.92. The number of benzene rings is 2. The maximum Gasteiger partial charge on any atom is 0.277 e. The minimum atomic E-state index is -0.463. The number of rotatable bonds is 5. The lowest BCUT2D eigenvalue weighted by atomic mass is 10.1. The molecule has 2 aromatic heterocycles. The van der Waals surface area contributed by atoms with Crippen LogP contribution in [0.2, 0.25) is 5.02 Å². The molecular weight excluding hydrogens is 414 g/mol. The molecule has 29 heavy (non-hydrogen) atoms. The highest BCUT2D eigenvalue weighted by molar-refractivity contribution is 7.14. The van der Waals surface area contributed by atoms with E-state index >= 15 is 0 Å². The number of nitrogens with zero attached hydrogens (tertiary/aromatic N) is 4. The monoisotopic (exact) mass is 425 g/mol. The van der Waals surface area contributed by atoms with Crippen molar-refractivity contribution in [1.29, 1.82) is 0 Å². The first kappa shape index (κ1) is 18.8. The second-order valence-corrected chi connectivity index (χ2v) is 7.22. The molecule has 1 amide bonds. The Balaban J connectivity index is 1.50. The topological polar surface area (TPSA) is 103 Å². The molecule has 0 saturated carbocycles. The van der Waals surface area contributed by atoms with Gasteiger partial charge in [0, 0.05) is 34.3 Å². The average Bonchev–Trinajstić information content (AvgIpc) is 3.38. The van der Waals surface area contributed by atoms with Gasteiger partial charge in [-0.15, -0.1) is 11.3 Å². The van der Waals surface area contributed by atoms with Crippen LogP contribution in [0, 0.1) is 10.1 Å². The fourth-order valence-corrected chi connectivity index (χ4v) is 3.51. The summed E-state index contributed by atoms with van der Waals surface area (Å²) in [6, 6.07) is 14.9. The Morgan fingerprint density at radius 2 is 2.00 bits per heavy atom. The number of aromatic nitrogens is 3. The van der Waals surface area contributed by atoms with Gasteiger partial charge in [-0.1, -0.05) is 29.8 Å². The van der Waals surface area contributed by atoms with Crippen LogP contribution in [-0.2, 0) is 0 Å². The molecule has 0 atom stereocenters. The quantitative estimate of drug-likeness (QED) is 0.365. The summed E-state index contributed by atoms with van der Waals surface area (Å²) >= 11 is 7.21. The summed E-state index contributed by atoms with van der Waals surface area (Å²) in [5.74, 6) is -0.411. The number of non-ortho nitro benzene ring substituents is 1. The van der Waals surface area contributed by atoms with Gasteiger partial charge in [0.15, 0.2) is 10.8 Å². The lowest BCUT2D eigenvalue weighted by Crippen LogP contribution is -2.13. The van der Waals surface area contributed by atoms with Crippen molar-refractivity contribution < 1.29 is 9.72 Å². The summed E-state index contributed by atoms with van der Waals surface area (Å²) in [7, 11) is 0. The number of nitro groups is 1. The molecule has 10 heteroatoms. The number of carbonyl (C=O) groups is 1. The Morgan fingerprint density at radius 1 is 1.17 bits per heavy atom. The Labute approximate surface area is 173 Å². The van der Waals surface area contributed by atoms with Crippen LogP contribution in [0.1, 0.15) is 10.5 Å². The lowest BCUT2D eigenvalue weighted by molar-refractivity contribution is -0.384. The van der Waals surface area contributed by atoms with E-state index in [9.17, 15) is 14.9 Å². The first-order chi connectivity index (χ1) is 14.0. The average molecular weight is 426 g/mol. The summed E-state index contributed by atoms with van der Waals surface area (Å²) in [5, 5.41) is 20.5. The van der Waals surface area contributed by atoms with Crippen LogP contribution in [0.5, 0.6) is 0 Å². The molecule has 0 aliphatic heterocycles. The molecule has 1 N–H and O–H groups in total. The van der Waals surface area contributed by atoms with Gasteiger partial charge in [0.1, 0.15) is 0 Å². The van der Waals surface area contributed by atoms with Gasteiger partial charge in [-0.25, -0.2) is 9.67 Å². The normalized spacial score (nSPS) is 10.7. The number of hydrogen-bond acceptors (Lipinski definition) is 6. The molecule has 4 rings (SSSR count). The van der Waals surface area contributed by atoms with E-state index in [0.29, 0.717) is 21.4 Å². The number of carbonyl (C=O) groups excluding carboxylic acids is 1. The SMILES string of the molecule is O=C(Nc1nc(-c2cccc([N+](=O)[O-])c2)cs1)c1ccn(-c2cccc(Cl)c2)n1. The number of amides is 1. The molecule has 0 bridgehead atoms. The highest BCUT2D eigenvalue weighted by Crippen LogP contribution is 2.27. The molecule has 144 valence electrons. The summed E-state index contributed by atoms with van der Waals surface area (Å²) in [5.41, 5.74) is 2.07. The third-order valence-electron chi connectivity index (χ3n) is 3.97. The second kappa shape index (κ2) is 7.82. The van der Waals surface area contributed by atoms with Crippen LogP contribution in [0.25, 0.3) is 16.9 Å². The van der Waals surface area contributed by atoms with E-state index in [1.54, 1.807) is 52.7 Å². The van der Waals surface area contributed by atoms with Crippen LogP contribution in [-0.4, -0.2) is 25.6 Å². The smallest absolute Gasteiger partial charge is 0.277 e. The van der Waals surface area contributed by atoms with Gasteiger partial charge in [0.2, 0.25) is 0 Å². The fraction of sp³-hybridized carbons (Fsp3) is 0. The van der Waals surface area contributed by atoms with Gasteiger partial charge >= 0.3 is 0 Å². The lowest BCUT2D eigenvalue weighted by Gasteiger charge is -2.01. The highest BCUT2D eigenvalue weighted by atomic mass is 35.5. The van der Waals surface area contributed by atoms with Gasteiger partial charge in [-0.2, -0.15) is 5.10 Å². The molecule has 0 radical (unpaired) electrons. The van der Waals surface area contributed by atoms with E-state index in [2.05, 4.69) is 15.4 Å². The Kier molecular flexibility index (Phi) is 5.07. The number of nitro benzene ring substituents is 1. The largest absolute Gasteiger partial charge is 0.296 e. The van der Waals surface area contributed by atoms with Crippen molar-refractivity contribution in [2.75, 3.05) is 5.32 Å². The maximum absolute atomic E-state index is 12.5. The fourth-order valence-electron chi connectivity index (χ4n) is 2.61. The minimum absolute atomic E-state index is 0.0207. The first-order valence-corrected chi connectivity index (χ1v) is 9.59. The third-order valence-corrected chi connectivity index (χ3v) is 4.96. The number of nitrogens with one attached hydrogen (secondary N) is 1. The molecule has 4 aromatic rings. The molecule has 8 nitrogen and oxygen atoms in total. The number of thiazole rings is 1. The molecule has 0 fully saturated rings. The van der Waals surface area contributed by atoms with Crippen molar-refractivity contribution in [3.8, 4) is 16.9 Å². The Bertz CT molecular complexity index is 1220. The van der Waals surface area contributed by atoms with E-state index < -0.39 is 10.8 Å². The molecule has 0 aliphatic carbocycles. The number of anilines is 1. The zero-order chi connectivity index (χ0) is 20.4. The summed E-state index contributed by atoms with van der Waals surface area (Å²) in [4.78, 5) is 27.3. The first-order valence-electron chi connectivity index (χ1n) is 8.33. The zero-order valence-electron chi connectivity index (χ0n) is 14.7. The van der Waals surface area contributed by atoms with Crippen LogP contribution in [0.4, 0.5) is 10.8 Å². The molecule has 0 unspecified atom stereocenters. The van der Waals surface area contributed by atoms with E-state index in [-0.39, 0.29) is 11.4 Å². The van der Waals surface area contributed by atoms with Crippen molar-refractivity contribution in [1.82, 2.24) is 14.8 Å². The predicted octanol–water partition coefficient (Wildman–Crippen LogP) is 4.81. The molecule has 0 saturated heterocycles. The zero-order valence-corrected chi connectivity index (χ0v) is 16.2. The summed E-state index contributed by atoms with van der Waals surface area (Å²) in [6.07, 6.45) is 1.66. The van der Waals surface area contributed by atoms with E-state index in [4.69, 9.17) is 11.6 Å². The Morgan fingerprint density at radius 3 is 2.79 bits per heavy atom. The van der Waals surface area contributed by atoms with Crippen molar-refractivity contribution in [3.63, 3.8) is 0 Å². The molecule has 0 aliphatic rings. The van der Waals surface area contributed by atoms with Crippen molar-refractivity contribution in [2.24, 2.45) is 0 Å². The number of halogens is 1. The number of hydrogen-bond donors (Lipinski definition) is 1. The molecule has 0 spiro atoms. The minimum Gasteiger partial charge on any atom is -0.296 e. The maximum atomic E-state index is 12.5. The molecule has 2 aromatic carbocycles.